The maximum Gasteiger partial charge on any atom is 0.198 e. The molecule has 2 N–H and O–H groups in total. The molecule has 2 heterocycles. The zero-order valence-corrected chi connectivity index (χ0v) is 7.81. The van der Waals surface area contributed by atoms with E-state index in [1.807, 2.05) is 0 Å². The Morgan fingerprint density at radius 2 is 2.46 bits per heavy atom. The van der Waals surface area contributed by atoms with E-state index in [9.17, 15) is 0 Å². The lowest BCUT2D eigenvalue weighted by Crippen LogP contribution is -2.44. The van der Waals surface area contributed by atoms with E-state index in [2.05, 4.69) is 16.9 Å². The van der Waals surface area contributed by atoms with Crippen molar-refractivity contribution < 1.29 is 4.42 Å². The number of likely N-dealkylation sites (N-methyl/N-ethyl adjacent to an activating group) is 1. The van der Waals surface area contributed by atoms with Crippen LogP contribution in [0.5, 0.6) is 0 Å². The maximum atomic E-state index is 5.91. The van der Waals surface area contributed by atoms with E-state index < -0.39 is 0 Å². The van der Waals surface area contributed by atoms with E-state index >= 15 is 0 Å². The van der Waals surface area contributed by atoms with Crippen molar-refractivity contribution in [2.45, 2.75) is 18.4 Å². The zero-order chi connectivity index (χ0) is 9.26. The van der Waals surface area contributed by atoms with Crippen LogP contribution >= 0.6 is 0 Å². The Hall–Kier alpha value is -0.870. The first-order valence-corrected chi connectivity index (χ1v) is 4.59. The lowest BCUT2D eigenvalue weighted by atomic mass is 9.95. The second-order valence-electron chi connectivity index (χ2n) is 3.78. The molecule has 4 heteroatoms. The Balaban J connectivity index is 2.07. The van der Waals surface area contributed by atoms with E-state index in [-0.39, 0.29) is 6.04 Å². The van der Waals surface area contributed by atoms with Gasteiger partial charge in [-0.05, 0) is 13.5 Å². The number of rotatable bonds is 1. The van der Waals surface area contributed by atoms with Gasteiger partial charge in [-0.15, -0.1) is 0 Å². The van der Waals surface area contributed by atoms with Crippen molar-refractivity contribution in [2.75, 3.05) is 20.1 Å². The summed E-state index contributed by atoms with van der Waals surface area (Å²) in [5, 5.41) is 0. The van der Waals surface area contributed by atoms with Crippen molar-refractivity contribution in [3.05, 3.63) is 18.4 Å². The average molecular weight is 181 g/mol. The van der Waals surface area contributed by atoms with Crippen LogP contribution in [-0.4, -0.2) is 36.1 Å². The molecular formula is C9H15N3O. The van der Waals surface area contributed by atoms with Gasteiger partial charge in [0, 0.05) is 25.0 Å². The lowest BCUT2D eigenvalue weighted by Gasteiger charge is -2.32. The second kappa shape index (κ2) is 3.47. The monoisotopic (exact) mass is 181 g/mol. The molecule has 4 nitrogen and oxygen atoms in total. The summed E-state index contributed by atoms with van der Waals surface area (Å²) in [6.07, 6.45) is 4.29. The van der Waals surface area contributed by atoms with Crippen LogP contribution in [0.2, 0.25) is 0 Å². The van der Waals surface area contributed by atoms with E-state index in [1.165, 1.54) is 0 Å². The highest BCUT2D eigenvalue weighted by molar-refractivity contribution is 4.97. The molecule has 0 radical (unpaired) electrons. The lowest BCUT2D eigenvalue weighted by molar-refractivity contribution is 0.209. The van der Waals surface area contributed by atoms with Gasteiger partial charge in [-0.25, -0.2) is 4.98 Å². The molecule has 1 aromatic rings. The van der Waals surface area contributed by atoms with Crippen molar-refractivity contribution >= 4 is 0 Å². The molecule has 1 aromatic heterocycles. The van der Waals surface area contributed by atoms with Crippen molar-refractivity contribution in [2.24, 2.45) is 5.73 Å². The Labute approximate surface area is 77.7 Å². The van der Waals surface area contributed by atoms with Gasteiger partial charge in [0.15, 0.2) is 5.89 Å². The first kappa shape index (κ1) is 8.72. The molecule has 2 atom stereocenters. The van der Waals surface area contributed by atoms with Crippen LogP contribution in [0.1, 0.15) is 18.2 Å². The predicted octanol–water partition coefficient (Wildman–Crippen LogP) is 0.421. The number of hydrogen-bond donors (Lipinski definition) is 1. The number of likely N-dealkylation sites (tertiary alicyclic amines) is 1. The van der Waals surface area contributed by atoms with Crippen LogP contribution in [0.4, 0.5) is 0 Å². The molecule has 0 aliphatic carbocycles. The van der Waals surface area contributed by atoms with Crippen LogP contribution in [0.15, 0.2) is 16.9 Å². The average Bonchev–Trinajstić information content (AvgIpc) is 2.53. The van der Waals surface area contributed by atoms with Crippen LogP contribution < -0.4 is 5.73 Å². The summed E-state index contributed by atoms with van der Waals surface area (Å²) >= 11 is 0. The summed E-state index contributed by atoms with van der Waals surface area (Å²) in [5.41, 5.74) is 5.91. The summed E-state index contributed by atoms with van der Waals surface area (Å²) in [6, 6.07) is 0.246. The van der Waals surface area contributed by atoms with Gasteiger partial charge in [0.05, 0.1) is 6.20 Å². The van der Waals surface area contributed by atoms with Crippen LogP contribution in [0, 0.1) is 0 Å². The zero-order valence-electron chi connectivity index (χ0n) is 7.81. The van der Waals surface area contributed by atoms with E-state index in [4.69, 9.17) is 10.2 Å². The van der Waals surface area contributed by atoms with E-state index in [0.717, 1.165) is 25.4 Å². The summed E-state index contributed by atoms with van der Waals surface area (Å²) in [6.45, 7) is 1.96. The molecular weight excluding hydrogens is 166 g/mol. The Morgan fingerprint density at radius 1 is 1.62 bits per heavy atom. The smallest absolute Gasteiger partial charge is 0.198 e. The minimum absolute atomic E-state index is 0.246. The van der Waals surface area contributed by atoms with Gasteiger partial charge >= 0.3 is 0 Å². The minimum Gasteiger partial charge on any atom is -0.449 e. The molecule has 0 amide bonds. The molecule has 2 rings (SSSR count). The van der Waals surface area contributed by atoms with Gasteiger partial charge in [-0.3, -0.25) is 0 Å². The van der Waals surface area contributed by atoms with Gasteiger partial charge in [0.2, 0.25) is 0 Å². The summed E-state index contributed by atoms with van der Waals surface area (Å²) in [7, 11) is 2.08. The highest BCUT2D eigenvalue weighted by Gasteiger charge is 2.26. The molecule has 1 fully saturated rings. The predicted molar refractivity (Wildman–Crippen MR) is 49.3 cm³/mol. The Kier molecular flexibility index (Phi) is 2.33. The number of piperidine rings is 1. The molecule has 2 unspecified atom stereocenters. The van der Waals surface area contributed by atoms with Gasteiger partial charge in [0.1, 0.15) is 6.26 Å². The quantitative estimate of drug-likeness (QED) is 0.682. The standard InChI is InChI=1S/C9H15N3O/c1-12-5-7(4-8(10)6-12)9-11-2-3-13-9/h2-3,7-8H,4-6,10H2,1H3. The molecule has 1 saturated heterocycles. The van der Waals surface area contributed by atoms with Crippen LogP contribution in [-0.2, 0) is 0 Å². The van der Waals surface area contributed by atoms with Gasteiger partial charge in [-0.1, -0.05) is 0 Å². The third-order valence-corrected chi connectivity index (χ3v) is 2.47. The molecule has 0 bridgehead atoms. The number of nitrogens with zero attached hydrogens (tertiary/aromatic N) is 2. The number of oxazole rings is 1. The fourth-order valence-corrected chi connectivity index (χ4v) is 1.98. The topological polar surface area (TPSA) is 55.3 Å². The normalized spacial score (nSPS) is 30.6. The van der Waals surface area contributed by atoms with Gasteiger partial charge < -0.3 is 15.1 Å². The first-order valence-electron chi connectivity index (χ1n) is 4.59. The summed E-state index contributed by atoms with van der Waals surface area (Å²) < 4.78 is 5.28. The number of aromatic nitrogens is 1. The highest BCUT2D eigenvalue weighted by atomic mass is 16.3. The van der Waals surface area contributed by atoms with Crippen LogP contribution in [0.25, 0.3) is 0 Å². The van der Waals surface area contributed by atoms with Gasteiger partial charge in [-0.2, -0.15) is 0 Å². The SMILES string of the molecule is CN1CC(N)CC(c2ncco2)C1. The largest absolute Gasteiger partial charge is 0.449 e. The summed E-state index contributed by atoms with van der Waals surface area (Å²) in [4.78, 5) is 6.39. The molecule has 0 spiro atoms. The Bertz CT molecular complexity index is 250. The van der Waals surface area contributed by atoms with Gasteiger partial charge in [0.25, 0.3) is 0 Å². The molecule has 1 aliphatic rings. The second-order valence-corrected chi connectivity index (χ2v) is 3.78. The van der Waals surface area contributed by atoms with Crippen molar-refractivity contribution in [1.82, 2.24) is 9.88 Å². The fourth-order valence-electron chi connectivity index (χ4n) is 1.98. The third kappa shape index (κ3) is 1.89. The highest BCUT2D eigenvalue weighted by Crippen LogP contribution is 2.23. The molecule has 0 saturated carbocycles. The van der Waals surface area contributed by atoms with E-state index in [1.54, 1.807) is 12.5 Å². The Morgan fingerprint density at radius 3 is 3.08 bits per heavy atom. The number of hydrogen-bond acceptors (Lipinski definition) is 4. The third-order valence-electron chi connectivity index (χ3n) is 2.47. The van der Waals surface area contributed by atoms with E-state index in [0.29, 0.717) is 5.92 Å². The molecule has 13 heavy (non-hydrogen) atoms. The van der Waals surface area contributed by atoms with Crippen molar-refractivity contribution in [1.29, 1.82) is 0 Å². The summed E-state index contributed by atoms with van der Waals surface area (Å²) in [5.74, 6) is 1.19. The fraction of sp³-hybridized carbons (Fsp3) is 0.667. The van der Waals surface area contributed by atoms with Crippen molar-refractivity contribution in [3.63, 3.8) is 0 Å². The first-order chi connectivity index (χ1) is 6.25. The molecule has 0 aromatic carbocycles. The van der Waals surface area contributed by atoms with Crippen molar-refractivity contribution in [3.8, 4) is 0 Å². The minimum atomic E-state index is 0.246. The number of nitrogens with two attached hydrogens (primary N) is 1. The molecule has 1 aliphatic heterocycles. The van der Waals surface area contributed by atoms with Crippen LogP contribution in [0.3, 0.4) is 0 Å². The molecule has 72 valence electrons. The maximum absolute atomic E-state index is 5.91.